The van der Waals surface area contributed by atoms with Gasteiger partial charge in [-0.15, -0.1) is 0 Å². The number of ether oxygens (including phenoxy) is 2. The Bertz CT molecular complexity index is 594. The lowest BCUT2D eigenvalue weighted by atomic mass is 9.86. The molecule has 0 bridgehead atoms. The van der Waals surface area contributed by atoms with E-state index >= 15 is 0 Å². The Morgan fingerprint density at radius 2 is 1.34 bits per heavy atom. The lowest BCUT2D eigenvalue weighted by molar-refractivity contribution is -0.190. The first-order valence-electron chi connectivity index (χ1n) is 14.6. The van der Waals surface area contributed by atoms with Crippen LogP contribution in [0.5, 0.6) is 0 Å². The zero-order chi connectivity index (χ0) is 25.9. The summed E-state index contributed by atoms with van der Waals surface area (Å²) in [7, 11) is 0. The Morgan fingerprint density at radius 1 is 0.800 bits per heavy atom. The summed E-state index contributed by atoms with van der Waals surface area (Å²) in [5, 5.41) is 0. The number of amides is 1. The van der Waals surface area contributed by atoms with Crippen LogP contribution >= 0.6 is 0 Å². The summed E-state index contributed by atoms with van der Waals surface area (Å²) in [6.45, 7) is 6.42. The lowest BCUT2D eigenvalue weighted by Gasteiger charge is -2.37. The van der Waals surface area contributed by atoms with E-state index in [0.29, 0.717) is 12.8 Å². The van der Waals surface area contributed by atoms with Gasteiger partial charge in [-0.1, -0.05) is 111 Å². The molecule has 204 valence electrons. The van der Waals surface area contributed by atoms with Gasteiger partial charge in [0.15, 0.2) is 0 Å². The number of esters is 2. The minimum Gasteiger partial charge on any atom is -0.462 e. The van der Waals surface area contributed by atoms with Crippen LogP contribution in [0.25, 0.3) is 0 Å². The van der Waals surface area contributed by atoms with Crippen molar-refractivity contribution in [1.82, 2.24) is 0 Å². The van der Waals surface area contributed by atoms with Gasteiger partial charge in [-0.05, 0) is 25.7 Å². The Hall–Kier alpha value is -1.59. The Labute approximate surface area is 214 Å². The number of hydrogen-bond donors (Lipinski definition) is 1. The van der Waals surface area contributed by atoms with Gasteiger partial charge in [0, 0.05) is 6.42 Å². The van der Waals surface area contributed by atoms with Crippen LogP contribution in [0.1, 0.15) is 143 Å². The fourth-order valence-corrected chi connectivity index (χ4v) is 4.90. The maximum absolute atomic E-state index is 12.8. The second-order valence-corrected chi connectivity index (χ2v) is 10.4. The third-order valence-corrected chi connectivity index (χ3v) is 7.27. The molecule has 6 nitrogen and oxygen atoms in total. The predicted octanol–water partition coefficient (Wildman–Crippen LogP) is 7.01. The molecule has 0 aromatic carbocycles. The van der Waals surface area contributed by atoms with E-state index in [1.54, 1.807) is 0 Å². The van der Waals surface area contributed by atoms with E-state index in [-0.39, 0.29) is 24.1 Å². The predicted molar refractivity (Wildman–Crippen MR) is 141 cm³/mol. The van der Waals surface area contributed by atoms with Crippen LogP contribution in [0.4, 0.5) is 0 Å². The molecule has 1 fully saturated rings. The highest BCUT2D eigenvalue weighted by Crippen LogP contribution is 2.33. The van der Waals surface area contributed by atoms with Crippen molar-refractivity contribution in [2.24, 2.45) is 17.6 Å². The molecule has 1 aliphatic heterocycles. The van der Waals surface area contributed by atoms with E-state index < -0.39 is 17.8 Å². The summed E-state index contributed by atoms with van der Waals surface area (Å²) in [6.07, 6.45) is 19.1. The SMILES string of the molecule is CCCCCCCCCCC[C@@H](C[C@@H]1OC(=O)[C@H]1CCCCCC)OC(=O)C(CCCC)C(N)=O. The first kappa shape index (κ1) is 31.4. The lowest BCUT2D eigenvalue weighted by Crippen LogP contribution is -2.47. The average molecular weight is 496 g/mol. The number of hydrogen-bond acceptors (Lipinski definition) is 5. The van der Waals surface area contributed by atoms with Crippen LogP contribution in [0.3, 0.4) is 0 Å². The monoisotopic (exact) mass is 495 g/mol. The van der Waals surface area contributed by atoms with Crippen molar-refractivity contribution in [2.45, 2.75) is 155 Å². The number of nitrogens with two attached hydrogens (primary N) is 1. The molecule has 2 N–H and O–H groups in total. The van der Waals surface area contributed by atoms with Crippen molar-refractivity contribution >= 4 is 17.8 Å². The molecular formula is C29H53NO5. The Balaban J connectivity index is 2.58. The molecule has 1 aliphatic rings. The van der Waals surface area contributed by atoms with Crippen LogP contribution in [0, 0.1) is 11.8 Å². The van der Waals surface area contributed by atoms with Crippen LogP contribution < -0.4 is 5.73 Å². The minimum atomic E-state index is -0.894. The second kappa shape index (κ2) is 19.6. The second-order valence-electron chi connectivity index (χ2n) is 10.4. The Kier molecular flexibility index (Phi) is 17.6. The van der Waals surface area contributed by atoms with Gasteiger partial charge in [-0.25, -0.2) is 0 Å². The van der Waals surface area contributed by atoms with Crippen molar-refractivity contribution < 1.29 is 23.9 Å². The van der Waals surface area contributed by atoms with Gasteiger partial charge in [-0.3, -0.25) is 14.4 Å². The van der Waals surface area contributed by atoms with Gasteiger partial charge in [-0.2, -0.15) is 0 Å². The fourth-order valence-electron chi connectivity index (χ4n) is 4.90. The summed E-state index contributed by atoms with van der Waals surface area (Å²) in [6, 6.07) is 0. The summed E-state index contributed by atoms with van der Waals surface area (Å²) in [4.78, 5) is 36.7. The molecule has 0 radical (unpaired) electrons. The van der Waals surface area contributed by atoms with E-state index in [0.717, 1.165) is 57.8 Å². The van der Waals surface area contributed by atoms with Crippen molar-refractivity contribution in [3.8, 4) is 0 Å². The number of primary amides is 1. The van der Waals surface area contributed by atoms with Crippen molar-refractivity contribution in [2.75, 3.05) is 0 Å². The summed E-state index contributed by atoms with van der Waals surface area (Å²) in [5.41, 5.74) is 5.50. The number of cyclic esters (lactones) is 1. The summed E-state index contributed by atoms with van der Waals surface area (Å²) >= 11 is 0. The number of carbonyl (C=O) groups excluding carboxylic acids is 3. The van der Waals surface area contributed by atoms with E-state index in [1.807, 2.05) is 6.92 Å². The number of carbonyl (C=O) groups is 3. The average Bonchev–Trinajstić information content (AvgIpc) is 2.82. The van der Waals surface area contributed by atoms with Crippen molar-refractivity contribution in [1.29, 1.82) is 0 Å². The molecular weight excluding hydrogens is 442 g/mol. The topological polar surface area (TPSA) is 95.7 Å². The maximum Gasteiger partial charge on any atom is 0.318 e. The smallest absolute Gasteiger partial charge is 0.318 e. The van der Waals surface area contributed by atoms with Gasteiger partial charge in [0.05, 0.1) is 5.92 Å². The summed E-state index contributed by atoms with van der Waals surface area (Å²) < 4.78 is 11.3. The van der Waals surface area contributed by atoms with E-state index in [1.165, 1.54) is 51.4 Å². The number of rotatable bonds is 23. The highest BCUT2D eigenvalue weighted by atomic mass is 16.6. The van der Waals surface area contributed by atoms with Crippen molar-refractivity contribution in [3.63, 3.8) is 0 Å². The summed E-state index contributed by atoms with van der Waals surface area (Å²) in [5.74, 6) is -2.25. The van der Waals surface area contributed by atoms with E-state index in [2.05, 4.69) is 13.8 Å². The van der Waals surface area contributed by atoms with Gasteiger partial charge >= 0.3 is 11.9 Å². The molecule has 6 heteroatoms. The molecule has 1 heterocycles. The molecule has 4 atom stereocenters. The molecule has 1 unspecified atom stereocenters. The highest BCUT2D eigenvalue weighted by molar-refractivity contribution is 5.96. The zero-order valence-corrected chi connectivity index (χ0v) is 22.9. The normalized spacial score (nSPS) is 19.0. The largest absolute Gasteiger partial charge is 0.462 e. The minimum absolute atomic E-state index is 0.0943. The van der Waals surface area contributed by atoms with Gasteiger partial charge in [0.1, 0.15) is 18.1 Å². The fraction of sp³-hybridized carbons (Fsp3) is 0.897. The van der Waals surface area contributed by atoms with Gasteiger partial charge < -0.3 is 15.2 Å². The maximum atomic E-state index is 12.8. The van der Waals surface area contributed by atoms with Crippen LogP contribution in [0.2, 0.25) is 0 Å². The number of unbranched alkanes of at least 4 members (excludes halogenated alkanes) is 12. The molecule has 0 saturated carbocycles. The molecule has 1 rings (SSSR count). The van der Waals surface area contributed by atoms with Crippen LogP contribution in [0.15, 0.2) is 0 Å². The highest BCUT2D eigenvalue weighted by Gasteiger charge is 2.43. The molecule has 35 heavy (non-hydrogen) atoms. The molecule has 1 saturated heterocycles. The third kappa shape index (κ3) is 13.3. The molecule has 0 aliphatic carbocycles. The third-order valence-electron chi connectivity index (χ3n) is 7.27. The van der Waals surface area contributed by atoms with Crippen molar-refractivity contribution in [3.05, 3.63) is 0 Å². The Morgan fingerprint density at radius 3 is 1.89 bits per heavy atom. The molecule has 0 spiro atoms. The quantitative estimate of drug-likeness (QED) is 0.0934. The van der Waals surface area contributed by atoms with E-state index in [9.17, 15) is 14.4 Å². The van der Waals surface area contributed by atoms with Gasteiger partial charge in [0.2, 0.25) is 5.91 Å². The van der Waals surface area contributed by atoms with Crippen LogP contribution in [-0.2, 0) is 23.9 Å². The molecule has 1 amide bonds. The molecule has 0 aromatic rings. The van der Waals surface area contributed by atoms with Gasteiger partial charge in [0.25, 0.3) is 0 Å². The standard InChI is InChI=1S/C29H53NO5/c1-4-7-10-12-13-14-15-16-17-19-23(34-29(33)25(27(30)31)20-9-6-3)22-26-24(28(32)35-26)21-18-11-8-5-2/h23-26H,4-22H2,1-3H3,(H2,30,31)/t23-,24-,25?,26-/m0/s1. The zero-order valence-electron chi connectivity index (χ0n) is 22.9. The first-order valence-corrected chi connectivity index (χ1v) is 14.6. The molecule has 0 aromatic heterocycles. The van der Waals surface area contributed by atoms with Crippen LogP contribution in [-0.4, -0.2) is 30.1 Å². The first-order chi connectivity index (χ1) is 16.9. The van der Waals surface area contributed by atoms with E-state index in [4.69, 9.17) is 15.2 Å².